The van der Waals surface area contributed by atoms with Gasteiger partial charge in [-0.05, 0) is 26.2 Å². The van der Waals surface area contributed by atoms with Gasteiger partial charge in [0.15, 0.2) is 5.82 Å². The van der Waals surface area contributed by atoms with E-state index >= 15 is 0 Å². The molecule has 2 bridgehead atoms. The zero-order valence-electron chi connectivity index (χ0n) is 10.8. The molecule has 98 valence electrons. The number of aromatic nitrogens is 3. The second-order valence-electron chi connectivity index (χ2n) is 5.42. The van der Waals surface area contributed by atoms with E-state index in [0.29, 0.717) is 24.5 Å². The number of aromatic amines is 1. The van der Waals surface area contributed by atoms with Crippen LogP contribution in [0.4, 0.5) is 0 Å². The Labute approximate surface area is 106 Å². The van der Waals surface area contributed by atoms with Crippen LogP contribution in [0.15, 0.2) is 0 Å². The first-order chi connectivity index (χ1) is 8.63. The topological polar surface area (TPSA) is 73.9 Å². The van der Waals surface area contributed by atoms with E-state index in [1.165, 1.54) is 6.42 Å². The molecule has 0 spiro atoms. The molecule has 0 aromatic carbocycles. The molecule has 1 aromatic heterocycles. The maximum absolute atomic E-state index is 12.4. The quantitative estimate of drug-likeness (QED) is 0.803. The lowest BCUT2D eigenvalue weighted by molar-refractivity contribution is -0.135. The van der Waals surface area contributed by atoms with Gasteiger partial charge >= 0.3 is 0 Å². The summed E-state index contributed by atoms with van der Waals surface area (Å²) in [5.74, 6) is 1.83. The summed E-state index contributed by atoms with van der Waals surface area (Å²) < 4.78 is 0. The minimum Gasteiger partial charge on any atom is -0.338 e. The molecule has 6 nitrogen and oxygen atoms in total. The van der Waals surface area contributed by atoms with E-state index in [2.05, 4.69) is 20.5 Å². The Balaban J connectivity index is 1.62. The molecule has 3 rings (SSSR count). The molecule has 3 unspecified atom stereocenters. The molecule has 2 saturated heterocycles. The number of fused-ring (bicyclic) bond motifs is 2. The number of rotatable bonds is 3. The predicted octanol–water partition coefficient (Wildman–Crippen LogP) is 0.212. The highest BCUT2D eigenvalue weighted by Crippen LogP contribution is 2.34. The standard InChI is InChI=1S/C12H19N5O/c1-7-13-11(16-15-7)6-17(2)12(18)9-5-8-3-4-10(9)14-8/h8-10,14H,3-6H2,1-2H3,(H,13,15,16). The van der Waals surface area contributed by atoms with Crippen molar-refractivity contribution in [3.63, 3.8) is 0 Å². The fourth-order valence-corrected chi connectivity index (χ4v) is 3.13. The van der Waals surface area contributed by atoms with Gasteiger partial charge in [0, 0.05) is 19.1 Å². The lowest BCUT2D eigenvalue weighted by Gasteiger charge is -2.24. The van der Waals surface area contributed by atoms with Crippen LogP contribution in [-0.4, -0.2) is 45.1 Å². The molecule has 2 aliphatic rings. The van der Waals surface area contributed by atoms with E-state index in [1.807, 2.05) is 14.0 Å². The summed E-state index contributed by atoms with van der Waals surface area (Å²) in [6, 6.07) is 0.946. The molecule has 3 heterocycles. The van der Waals surface area contributed by atoms with E-state index in [-0.39, 0.29) is 11.8 Å². The molecular weight excluding hydrogens is 230 g/mol. The van der Waals surface area contributed by atoms with Gasteiger partial charge in [0.1, 0.15) is 5.82 Å². The molecule has 0 aliphatic carbocycles. The van der Waals surface area contributed by atoms with Gasteiger partial charge in [0.2, 0.25) is 5.91 Å². The fraction of sp³-hybridized carbons (Fsp3) is 0.750. The number of nitrogens with zero attached hydrogens (tertiary/aromatic N) is 3. The Bertz CT molecular complexity index is 457. The fourth-order valence-electron chi connectivity index (χ4n) is 3.13. The van der Waals surface area contributed by atoms with Crippen LogP contribution in [0.5, 0.6) is 0 Å². The van der Waals surface area contributed by atoms with Crippen molar-refractivity contribution < 1.29 is 4.79 Å². The highest BCUT2D eigenvalue weighted by molar-refractivity contribution is 5.80. The van der Waals surface area contributed by atoms with Crippen LogP contribution in [0.1, 0.15) is 30.9 Å². The van der Waals surface area contributed by atoms with Gasteiger partial charge in [-0.3, -0.25) is 9.89 Å². The highest BCUT2D eigenvalue weighted by Gasteiger charge is 2.43. The van der Waals surface area contributed by atoms with Crippen molar-refractivity contribution in [1.29, 1.82) is 0 Å². The molecule has 2 fully saturated rings. The van der Waals surface area contributed by atoms with Crippen LogP contribution in [0.25, 0.3) is 0 Å². The van der Waals surface area contributed by atoms with Crippen LogP contribution < -0.4 is 5.32 Å². The zero-order valence-corrected chi connectivity index (χ0v) is 10.8. The van der Waals surface area contributed by atoms with Crippen LogP contribution in [0.2, 0.25) is 0 Å². The number of nitrogens with one attached hydrogen (secondary N) is 2. The van der Waals surface area contributed by atoms with Crippen molar-refractivity contribution in [1.82, 2.24) is 25.4 Å². The lowest BCUT2D eigenvalue weighted by Crippen LogP contribution is -2.38. The third kappa shape index (κ3) is 2.01. The molecule has 3 atom stereocenters. The maximum Gasteiger partial charge on any atom is 0.227 e. The Morgan fingerprint density at radius 1 is 1.50 bits per heavy atom. The first-order valence-corrected chi connectivity index (χ1v) is 6.52. The van der Waals surface area contributed by atoms with Gasteiger partial charge in [0.25, 0.3) is 0 Å². The second kappa shape index (κ2) is 4.35. The summed E-state index contributed by atoms with van der Waals surface area (Å²) in [5, 5.41) is 10.4. The van der Waals surface area contributed by atoms with Gasteiger partial charge in [-0.15, -0.1) is 0 Å². The summed E-state index contributed by atoms with van der Waals surface area (Å²) in [4.78, 5) is 18.3. The Hall–Kier alpha value is -1.43. The Kier molecular flexibility index (Phi) is 2.81. The SMILES string of the molecule is Cc1nc(CN(C)C(=O)C2CC3CCC2N3)n[nH]1. The van der Waals surface area contributed by atoms with Crippen molar-refractivity contribution in [2.45, 2.75) is 44.8 Å². The third-order valence-corrected chi connectivity index (χ3v) is 4.02. The summed E-state index contributed by atoms with van der Waals surface area (Å²) in [7, 11) is 1.83. The Morgan fingerprint density at radius 2 is 2.33 bits per heavy atom. The number of amides is 1. The van der Waals surface area contributed by atoms with Gasteiger partial charge in [-0.2, -0.15) is 5.10 Å². The number of hydrogen-bond donors (Lipinski definition) is 2. The molecule has 0 radical (unpaired) electrons. The van der Waals surface area contributed by atoms with Crippen LogP contribution >= 0.6 is 0 Å². The predicted molar refractivity (Wildman–Crippen MR) is 65.6 cm³/mol. The van der Waals surface area contributed by atoms with Gasteiger partial charge in [-0.1, -0.05) is 0 Å². The number of H-pyrrole nitrogens is 1. The lowest BCUT2D eigenvalue weighted by atomic mass is 9.88. The van der Waals surface area contributed by atoms with Crippen molar-refractivity contribution in [3.05, 3.63) is 11.6 Å². The monoisotopic (exact) mass is 249 g/mol. The normalized spacial score (nSPS) is 29.8. The Morgan fingerprint density at radius 3 is 2.89 bits per heavy atom. The number of hydrogen-bond acceptors (Lipinski definition) is 4. The first kappa shape index (κ1) is 11.6. The minimum atomic E-state index is 0.147. The number of aryl methyl sites for hydroxylation is 1. The summed E-state index contributed by atoms with van der Waals surface area (Å²) >= 11 is 0. The van der Waals surface area contributed by atoms with Gasteiger partial charge < -0.3 is 10.2 Å². The zero-order chi connectivity index (χ0) is 12.7. The second-order valence-corrected chi connectivity index (χ2v) is 5.42. The molecule has 18 heavy (non-hydrogen) atoms. The smallest absolute Gasteiger partial charge is 0.227 e. The molecular formula is C12H19N5O. The highest BCUT2D eigenvalue weighted by atomic mass is 16.2. The van der Waals surface area contributed by atoms with Crippen LogP contribution in [0.3, 0.4) is 0 Å². The largest absolute Gasteiger partial charge is 0.338 e. The summed E-state index contributed by atoms with van der Waals surface area (Å²) in [6.45, 7) is 2.34. The molecule has 2 aliphatic heterocycles. The number of carbonyl (C=O) groups excluding carboxylic acids is 1. The number of carbonyl (C=O) groups is 1. The summed E-state index contributed by atoms with van der Waals surface area (Å²) in [5.41, 5.74) is 0. The average molecular weight is 249 g/mol. The van der Waals surface area contributed by atoms with Crippen molar-refractivity contribution in [3.8, 4) is 0 Å². The van der Waals surface area contributed by atoms with E-state index in [9.17, 15) is 4.79 Å². The third-order valence-electron chi connectivity index (χ3n) is 4.02. The molecule has 1 amide bonds. The molecule has 2 N–H and O–H groups in total. The molecule has 0 saturated carbocycles. The first-order valence-electron chi connectivity index (χ1n) is 6.52. The summed E-state index contributed by atoms with van der Waals surface area (Å²) in [6.07, 6.45) is 3.34. The van der Waals surface area contributed by atoms with E-state index in [4.69, 9.17) is 0 Å². The van der Waals surface area contributed by atoms with Crippen LogP contribution in [0, 0.1) is 12.8 Å². The van der Waals surface area contributed by atoms with Gasteiger partial charge in [-0.25, -0.2) is 4.98 Å². The van der Waals surface area contributed by atoms with Crippen molar-refractivity contribution >= 4 is 5.91 Å². The average Bonchev–Trinajstić information content (AvgIpc) is 3.04. The maximum atomic E-state index is 12.4. The van der Waals surface area contributed by atoms with E-state index in [1.54, 1.807) is 4.90 Å². The minimum absolute atomic E-state index is 0.147. The van der Waals surface area contributed by atoms with Crippen molar-refractivity contribution in [2.75, 3.05) is 7.05 Å². The van der Waals surface area contributed by atoms with Crippen molar-refractivity contribution in [2.24, 2.45) is 5.92 Å². The van der Waals surface area contributed by atoms with E-state index in [0.717, 1.165) is 18.7 Å². The molecule has 6 heteroatoms. The van der Waals surface area contributed by atoms with E-state index < -0.39 is 0 Å². The van der Waals surface area contributed by atoms with Gasteiger partial charge in [0.05, 0.1) is 12.5 Å². The molecule has 1 aromatic rings. The van der Waals surface area contributed by atoms with Crippen LogP contribution in [-0.2, 0) is 11.3 Å².